The number of benzene rings is 1. The SMILES string of the molecule is NC(=O)C(CO)N1Cc2ccc(-c3nc(NC4CCOCC4)ncc3Cl)cc2C1=O. The molecule has 1 aromatic carbocycles. The van der Waals surface area contributed by atoms with E-state index in [0.29, 0.717) is 41.0 Å². The lowest BCUT2D eigenvalue weighted by molar-refractivity contribution is -0.123. The highest BCUT2D eigenvalue weighted by Gasteiger charge is 2.35. The number of nitrogens with zero attached hydrogens (tertiary/aromatic N) is 3. The summed E-state index contributed by atoms with van der Waals surface area (Å²) in [6.07, 6.45) is 3.27. The van der Waals surface area contributed by atoms with Crippen LogP contribution in [-0.4, -0.2) is 63.7 Å². The minimum Gasteiger partial charge on any atom is -0.394 e. The van der Waals surface area contributed by atoms with Gasteiger partial charge in [0.25, 0.3) is 5.91 Å². The molecule has 0 saturated carbocycles. The number of anilines is 1. The largest absolute Gasteiger partial charge is 0.394 e. The molecule has 0 spiro atoms. The van der Waals surface area contributed by atoms with E-state index in [2.05, 4.69) is 15.3 Å². The van der Waals surface area contributed by atoms with Crippen molar-refractivity contribution in [3.63, 3.8) is 0 Å². The number of fused-ring (bicyclic) bond motifs is 1. The second-order valence-corrected chi connectivity index (χ2v) is 7.73. The fourth-order valence-electron chi connectivity index (χ4n) is 3.73. The standard InChI is InChI=1S/C20H22ClN5O4/c21-15-8-23-20(24-13-3-5-30-6-4-13)25-17(15)11-1-2-12-9-26(16(10-27)18(22)28)19(29)14(12)7-11/h1-2,7-8,13,16,27H,3-6,9-10H2,(H2,22,28)(H,23,24,25). The number of rotatable bonds is 6. The fourth-order valence-corrected chi connectivity index (χ4v) is 3.93. The normalized spacial score (nSPS) is 17.7. The van der Waals surface area contributed by atoms with Gasteiger partial charge >= 0.3 is 0 Å². The summed E-state index contributed by atoms with van der Waals surface area (Å²) >= 11 is 6.34. The van der Waals surface area contributed by atoms with Gasteiger partial charge in [-0.05, 0) is 24.5 Å². The van der Waals surface area contributed by atoms with Crippen molar-refractivity contribution in [1.82, 2.24) is 14.9 Å². The molecule has 2 aliphatic heterocycles. The number of nitrogens with two attached hydrogens (primary N) is 1. The van der Waals surface area contributed by atoms with E-state index in [1.54, 1.807) is 12.1 Å². The molecule has 1 saturated heterocycles. The zero-order valence-electron chi connectivity index (χ0n) is 16.2. The number of carbonyl (C=O) groups is 2. The van der Waals surface area contributed by atoms with Gasteiger partial charge in [-0.15, -0.1) is 0 Å². The molecule has 3 heterocycles. The minimum atomic E-state index is -1.06. The molecule has 1 unspecified atom stereocenters. The molecule has 1 fully saturated rings. The van der Waals surface area contributed by atoms with E-state index in [-0.39, 0.29) is 18.5 Å². The molecule has 1 atom stereocenters. The van der Waals surface area contributed by atoms with Gasteiger partial charge in [-0.2, -0.15) is 0 Å². The van der Waals surface area contributed by atoms with Crippen LogP contribution >= 0.6 is 11.6 Å². The molecule has 30 heavy (non-hydrogen) atoms. The van der Waals surface area contributed by atoms with E-state index >= 15 is 0 Å². The first-order chi connectivity index (χ1) is 14.5. The summed E-state index contributed by atoms with van der Waals surface area (Å²) in [5, 5.41) is 13.1. The van der Waals surface area contributed by atoms with Crippen molar-refractivity contribution in [2.75, 3.05) is 25.1 Å². The van der Waals surface area contributed by atoms with Gasteiger partial charge in [0.1, 0.15) is 6.04 Å². The van der Waals surface area contributed by atoms with Gasteiger partial charge in [0.05, 0.1) is 23.5 Å². The molecule has 10 heteroatoms. The number of nitrogens with one attached hydrogen (secondary N) is 1. The summed E-state index contributed by atoms with van der Waals surface area (Å²) in [6, 6.07) is 4.47. The number of amides is 2. The first kappa shape index (κ1) is 20.5. The number of hydrogen-bond acceptors (Lipinski definition) is 7. The van der Waals surface area contributed by atoms with Crippen LogP contribution in [0.25, 0.3) is 11.3 Å². The van der Waals surface area contributed by atoms with Crippen LogP contribution in [0.1, 0.15) is 28.8 Å². The van der Waals surface area contributed by atoms with Gasteiger partial charge in [-0.1, -0.05) is 23.7 Å². The second kappa shape index (κ2) is 8.55. The predicted molar refractivity (Wildman–Crippen MR) is 110 cm³/mol. The zero-order valence-corrected chi connectivity index (χ0v) is 16.9. The quantitative estimate of drug-likeness (QED) is 0.626. The Balaban J connectivity index is 1.61. The molecule has 9 nitrogen and oxygen atoms in total. The van der Waals surface area contributed by atoms with Gasteiger partial charge in [0.2, 0.25) is 11.9 Å². The molecule has 158 valence electrons. The number of carbonyl (C=O) groups excluding carboxylic acids is 2. The van der Waals surface area contributed by atoms with Crippen molar-refractivity contribution in [2.24, 2.45) is 5.73 Å². The van der Waals surface area contributed by atoms with E-state index in [0.717, 1.165) is 18.4 Å². The maximum absolute atomic E-state index is 12.8. The molecule has 4 N–H and O–H groups in total. The number of aromatic nitrogens is 2. The van der Waals surface area contributed by atoms with Gasteiger partial charge < -0.3 is 25.8 Å². The van der Waals surface area contributed by atoms with E-state index in [1.165, 1.54) is 11.1 Å². The van der Waals surface area contributed by atoms with Crippen LogP contribution in [0.5, 0.6) is 0 Å². The molecular formula is C20H22ClN5O4. The molecule has 1 aromatic heterocycles. The Hall–Kier alpha value is -2.75. The van der Waals surface area contributed by atoms with Crippen LogP contribution in [0.15, 0.2) is 24.4 Å². The first-order valence-corrected chi connectivity index (χ1v) is 10.1. The van der Waals surface area contributed by atoms with Gasteiger partial charge in [-0.3, -0.25) is 9.59 Å². The molecule has 0 radical (unpaired) electrons. The lowest BCUT2D eigenvalue weighted by Gasteiger charge is -2.23. The maximum Gasteiger partial charge on any atom is 0.255 e. The van der Waals surface area contributed by atoms with E-state index in [1.807, 2.05) is 6.07 Å². The molecule has 0 bridgehead atoms. The van der Waals surface area contributed by atoms with Crippen molar-refractivity contribution >= 4 is 29.4 Å². The number of hydrogen-bond donors (Lipinski definition) is 3. The lowest BCUT2D eigenvalue weighted by atomic mass is 10.0. The van der Waals surface area contributed by atoms with Crippen LogP contribution in [0.2, 0.25) is 5.02 Å². The van der Waals surface area contributed by atoms with E-state index < -0.39 is 18.6 Å². The second-order valence-electron chi connectivity index (χ2n) is 7.33. The first-order valence-electron chi connectivity index (χ1n) is 9.69. The number of ether oxygens (including phenoxy) is 1. The van der Waals surface area contributed by atoms with Crippen LogP contribution in [0.4, 0.5) is 5.95 Å². The summed E-state index contributed by atoms with van der Waals surface area (Å²) in [5.74, 6) is -0.652. The maximum atomic E-state index is 12.8. The number of aliphatic hydroxyl groups excluding tert-OH is 1. The highest BCUT2D eigenvalue weighted by Crippen LogP contribution is 2.32. The van der Waals surface area contributed by atoms with Gasteiger partial charge in [-0.25, -0.2) is 9.97 Å². The summed E-state index contributed by atoms with van der Waals surface area (Å²) in [6.45, 7) is 1.07. The summed E-state index contributed by atoms with van der Waals surface area (Å²) in [5.41, 5.74) is 7.65. The number of primary amides is 1. The van der Waals surface area contributed by atoms with Gasteiger partial charge in [0, 0.05) is 36.9 Å². The molecule has 0 aliphatic carbocycles. The Kier molecular flexibility index (Phi) is 5.85. The molecule has 2 amide bonds. The highest BCUT2D eigenvalue weighted by molar-refractivity contribution is 6.33. The minimum absolute atomic E-state index is 0.205. The van der Waals surface area contributed by atoms with Crippen LogP contribution < -0.4 is 11.1 Å². The molecule has 2 aromatic rings. The average molecular weight is 432 g/mol. The Morgan fingerprint density at radius 2 is 2.17 bits per heavy atom. The van der Waals surface area contributed by atoms with Crippen LogP contribution in [0.3, 0.4) is 0 Å². The van der Waals surface area contributed by atoms with Crippen LogP contribution in [-0.2, 0) is 16.1 Å². The Labute approximate surface area is 178 Å². The van der Waals surface area contributed by atoms with E-state index in [9.17, 15) is 14.7 Å². The average Bonchev–Trinajstić information content (AvgIpc) is 3.06. The van der Waals surface area contributed by atoms with Crippen molar-refractivity contribution in [2.45, 2.75) is 31.5 Å². The smallest absolute Gasteiger partial charge is 0.255 e. The lowest BCUT2D eigenvalue weighted by Crippen LogP contribution is -2.47. The summed E-state index contributed by atoms with van der Waals surface area (Å²) in [4.78, 5) is 34.5. The molecule has 4 rings (SSSR count). The predicted octanol–water partition coefficient (Wildman–Crippen LogP) is 1.19. The monoisotopic (exact) mass is 431 g/mol. The zero-order chi connectivity index (χ0) is 21.3. The Bertz CT molecular complexity index is 980. The van der Waals surface area contributed by atoms with Crippen LogP contribution in [0, 0.1) is 0 Å². The highest BCUT2D eigenvalue weighted by atomic mass is 35.5. The Morgan fingerprint density at radius 1 is 1.40 bits per heavy atom. The Morgan fingerprint density at radius 3 is 2.87 bits per heavy atom. The molecular weight excluding hydrogens is 410 g/mol. The number of halogens is 1. The number of aliphatic hydroxyl groups is 1. The third-order valence-electron chi connectivity index (χ3n) is 5.39. The van der Waals surface area contributed by atoms with Crippen molar-refractivity contribution < 1.29 is 19.4 Å². The van der Waals surface area contributed by atoms with Gasteiger partial charge in [0.15, 0.2) is 0 Å². The summed E-state index contributed by atoms with van der Waals surface area (Å²) in [7, 11) is 0. The third-order valence-corrected chi connectivity index (χ3v) is 5.67. The summed E-state index contributed by atoms with van der Waals surface area (Å²) < 4.78 is 5.37. The topological polar surface area (TPSA) is 131 Å². The molecule has 2 aliphatic rings. The van der Waals surface area contributed by atoms with Crippen molar-refractivity contribution in [3.05, 3.63) is 40.5 Å². The van der Waals surface area contributed by atoms with E-state index in [4.69, 9.17) is 22.1 Å². The van der Waals surface area contributed by atoms with Crippen molar-refractivity contribution in [3.8, 4) is 11.3 Å². The third kappa shape index (κ3) is 3.96. The van der Waals surface area contributed by atoms with Crippen molar-refractivity contribution in [1.29, 1.82) is 0 Å². The fraction of sp³-hybridized carbons (Fsp3) is 0.400.